The van der Waals surface area contributed by atoms with E-state index in [1.54, 1.807) is 18.2 Å². The van der Waals surface area contributed by atoms with Gasteiger partial charge >= 0.3 is 0 Å². The first-order valence-corrected chi connectivity index (χ1v) is 7.27. The molecule has 20 heavy (non-hydrogen) atoms. The van der Waals surface area contributed by atoms with Crippen molar-refractivity contribution in [3.8, 4) is 0 Å². The van der Waals surface area contributed by atoms with Crippen LogP contribution in [0.2, 0.25) is 0 Å². The number of nitrogens with one attached hydrogen (secondary N) is 2. The van der Waals surface area contributed by atoms with Crippen LogP contribution >= 0.6 is 11.3 Å². The standard InChI is InChI=1S/C15H16N2O2S/c1-2-16-14(18)10-11-5-7-12(8-6-11)17-15(19)13-4-3-9-20-13/h3-9H,2,10H2,1H3,(H,16,18)(H,17,19). The molecule has 2 amide bonds. The van der Waals surface area contributed by atoms with Gasteiger partial charge in [-0.15, -0.1) is 11.3 Å². The summed E-state index contributed by atoms with van der Waals surface area (Å²) in [6.45, 7) is 2.52. The van der Waals surface area contributed by atoms with Gasteiger partial charge in [-0.25, -0.2) is 0 Å². The Hall–Kier alpha value is -2.14. The number of anilines is 1. The highest BCUT2D eigenvalue weighted by atomic mass is 32.1. The second-order valence-corrected chi connectivity index (χ2v) is 5.21. The van der Waals surface area contributed by atoms with Crippen molar-refractivity contribution in [1.29, 1.82) is 0 Å². The Kier molecular flexibility index (Phi) is 4.90. The SMILES string of the molecule is CCNC(=O)Cc1ccc(NC(=O)c2cccs2)cc1. The minimum absolute atomic E-state index is 0.00266. The Balaban J connectivity index is 1.95. The average molecular weight is 288 g/mol. The number of benzene rings is 1. The van der Waals surface area contributed by atoms with Gasteiger partial charge in [0.2, 0.25) is 5.91 Å². The van der Waals surface area contributed by atoms with Crippen molar-refractivity contribution in [3.63, 3.8) is 0 Å². The molecule has 0 spiro atoms. The van der Waals surface area contributed by atoms with Crippen LogP contribution in [0.1, 0.15) is 22.2 Å². The topological polar surface area (TPSA) is 58.2 Å². The van der Waals surface area contributed by atoms with E-state index in [0.717, 1.165) is 11.3 Å². The van der Waals surface area contributed by atoms with Crippen molar-refractivity contribution in [2.45, 2.75) is 13.3 Å². The molecule has 0 unspecified atom stereocenters. The second kappa shape index (κ2) is 6.86. The van der Waals surface area contributed by atoms with Crippen LogP contribution in [0, 0.1) is 0 Å². The van der Waals surface area contributed by atoms with E-state index in [2.05, 4.69) is 10.6 Å². The maximum Gasteiger partial charge on any atom is 0.265 e. The van der Waals surface area contributed by atoms with Gasteiger partial charge in [0.1, 0.15) is 0 Å². The monoisotopic (exact) mass is 288 g/mol. The summed E-state index contributed by atoms with van der Waals surface area (Å²) in [5.41, 5.74) is 1.65. The van der Waals surface area contributed by atoms with Gasteiger partial charge in [0.25, 0.3) is 5.91 Å². The molecular weight excluding hydrogens is 272 g/mol. The number of thiophene rings is 1. The van der Waals surface area contributed by atoms with Crippen LogP contribution in [-0.4, -0.2) is 18.4 Å². The Morgan fingerprint density at radius 2 is 1.90 bits per heavy atom. The van der Waals surface area contributed by atoms with Gasteiger partial charge < -0.3 is 10.6 Å². The minimum atomic E-state index is -0.114. The molecule has 1 heterocycles. The molecule has 104 valence electrons. The molecule has 0 fully saturated rings. The lowest BCUT2D eigenvalue weighted by molar-refractivity contribution is -0.120. The third-order valence-corrected chi connectivity index (χ3v) is 3.56. The van der Waals surface area contributed by atoms with Crippen LogP contribution in [0.15, 0.2) is 41.8 Å². The maximum absolute atomic E-state index is 11.9. The summed E-state index contributed by atoms with van der Waals surface area (Å²) in [5, 5.41) is 7.44. The van der Waals surface area contributed by atoms with Crippen molar-refractivity contribution in [3.05, 3.63) is 52.2 Å². The predicted octanol–water partition coefficient (Wildman–Crippen LogP) is 2.68. The van der Waals surface area contributed by atoms with Gasteiger partial charge in [-0.1, -0.05) is 18.2 Å². The van der Waals surface area contributed by atoms with E-state index in [-0.39, 0.29) is 11.8 Å². The Bertz CT molecular complexity index is 576. The lowest BCUT2D eigenvalue weighted by Crippen LogP contribution is -2.24. The molecule has 0 radical (unpaired) electrons. The summed E-state index contributed by atoms with van der Waals surface area (Å²) in [7, 11) is 0. The highest BCUT2D eigenvalue weighted by Crippen LogP contribution is 2.14. The lowest BCUT2D eigenvalue weighted by atomic mass is 10.1. The molecule has 0 saturated heterocycles. The molecule has 0 atom stereocenters. The number of amides is 2. The van der Waals surface area contributed by atoms with Crippen molar-refractivity contribution in [2.24, 2.45) is 0 Å². The van der Waals surface area contributed by atoms with E-state index in [0.29, 0.717) is 17.8 Å². The van der Waals surface area contributed by atoms with E-state index >= 15 is 0 Å². The molecule has 2 aromatic rings. The molecule has 4 nitrogen and oxygen atoms in total. The molecule has 0 saturated carbocycles. The first kappa shape index (κ1) is 14.3. The van der Waals surface area contributed by atoms with Crippen LogP contribution in [0.25, 0.3) is 0 Å². The van der Waals surface area contributed by atoms with E-state index in [1.165, 1.54) is 11.3 Å². The molecule has 0 aliphatic rings. The Morgan fingerprint density at radius 1 is 1.15 bits per heavy atom. The fourth-order valence-electron chi connectivity index (χ4n) is 1.75. The Morgan fingerprint density at radius 3 is 2.50 bits per heavy atom. The largest absolute Gasteiger partial charge is 0.356 e. The summed E-state index contributed by atoms with van der Waals surface area (Å²) < 4.78 is 0. The molecule has 0 aliphatic carbocycles. The van der Waals surface area contributed by atoms with Gasteiger partial charge in [-0.3, -0.25) is 9.59 Å². The van der Waals surface area contributed by atoms with Crippen molar-refractivity contribution in [2.75, 3.05) is 11.9 Å². The summed E-state index contributed by atoms with van der Waals surface area (Å²) >= 11 is 1.40. The zero-order valence-corrected chi connectivity index (χ0v) is 12.0. The second-order valence-electron chi connectivity index (χ2n) is 4.26. The Labute approximate surface area is 121 Å². The van der Waals surface area contributed by atoms with Crippen LogP contribution < -0.4 is 10.6 Å². The predicted molar refractivity (Wildman–Crippen MR) is 81.1 cm³/mol. The first-order chi connectivity index (χ1) is 9.69. The van der Waals surface area contributed by atoms with Gasteiger partial charge in [0.05, 0.1) is 11.3 Å². The number of carbonyl (C=O) groups excluding carboxylic acids is 2. The molecule has 0 aliphatic heterocycles. The highest BCUT2D eigenvalue weighted by Gasteiger charge is 2.07. The summed E-state index contributed by atoms with van der Waals surface area (Å²) in [6, 6.07) is 10.9. The maximum atomic E-state index is 11.9. The number of likely N-dealkylation sites (N-methyl/N-ethyl adjacent to an activating group) is 1. The molecule has 2 N–H and O–H groups in total. The molecule has 0 bridgehead atoms. The molecule has 2 rings (SSSR count). The van der Waals surface area contributed by atoms with E-state index in [9.17, 15) is 9.59 Å². The molecule has 1 aromatic heterocycles. The minimum Gasteiger partial charge on any atom is -0.356 e. The summed E-state index contributed by atoms with van der Waals surface area (Å²) in [4.78, 5) is 24.0. The first-order valence-electron chi connectivity index (χ1n) is 6.39. The molecule has 1 aromatic carbocycles. The average Bonchev–Trinajstić information content (AvgIpc) is 2.95. The number of carbonyl (C=O) groups is 2. The number of rotatable bonds is 5. The van der Waals surface area contributed by atoms with Crippen LogP contribution in [0.4, 0.5) is 5.69 Å². The van der Waals surface area contributed by atoms with Crippen molar-refractivity contribution >= 4 is 28.8 Å². The van der Waals surface area contributed by atoms with Crippen molar-refractivity contribution < 1.29 is 9.59 Å². The van der Waals surface area contributed by atoms with Crippen LogP contribution in [-0.2, 0) is 11.2 Å². The zero-order valence-electron chi connectivity index (χ0n) is 11.2. The number of hydrogen-bond acceptors (Lipinski definition) is 3. The fourth-order valence-corrected chi connectivity index (χ4v) is 2.37. The van der Waals surface area contributed by atoms with Gasteiger partial charge in [0.15, 0.2) is 0 Å². The van der Waals surface area contributed by atoms with E-state index in [4.69, 9.17) is 0 Å². The molecule has 5 heteroatoms. The zero-order chi connectivity index (χ0) is 14.4. The van der Waals surface area contributed by atoms with Gasteiger partial charge in [-0.05, 0) is 36.1 Å². The van der Waals surface area contributed by atoms with Gasteiger partial charge in [-0.2, -0.15) is 0 Å². The third-order valence-electron chi connectivity index (χ3n) is 2.70. The highest BCUT2D eigenvalue weighted by molar-refractivity contribution is 7.12. The van der Waals surface area contributed by atoms with Gasteiger partial charge in [0, 0.05) is 12.2 Å². The molecular formula is C15H16N2O2S. The summed E-state index contributed by atoms with van der Waals surface area (Å²) in [6.07, 6.45) is 0.354. The van der Waals surface area contributed by atoms with E-state index in [1.807, 2.05) is 30.5 Å². The third kappa shape index (κ3) is 3.93. The van der Waals surface area contributed by atoms with Crippen LogP contribution in [0.3, 0.4) is 0 Å². The lowest BCUT2D eigenvalue weighted by Gasteiger charge is -2.06. The number of hydrogen-bond donors (Lipinski definition) is 2. The van der Waals surface area contributed by atoms with E-state index < -0.39 is 0 Å². The quantitative estimate of drug-likeness (QED) is 0.888. The normalized spacial score (nSPS) is 10.1. The smallest absolute Gasteiger partial charge is 0.265 e. The fraction of sp³-hybridized carbons (Fsp3) is 0.200. The van der Waals surface area contributed by atoms with Crippen molar-refractivity contribution in [1.82, 2.24) is 5.32 Å². The van der Waals surface area contributed by atoms with Crippen LogP contribution in [0.5, 0.6) is 0 Å². The summed E-state index contributed by atoms with van der Waals surface area (Å²) in [5.74, 6) is -0.112.